The van der Waals surface area contributed by atoms with Crippen molar-refractivity contribution in [2.24, 2.45) is 0 Å². The molecule has 1 fully saturated rings. The fraction of sp³-hybridized carbons (Fsp3) is 0.571. The van der Waals surface area contributed by atoms with Crippen molar-refractivity contribution < 1.29 is 29.0 Å². The van der Waals surface area contributed by atoms with Crippen LogP contribution in [0.2, 0.25) is 0 Å². The summed E-state index contributed by atoms with van der Waals surface area (Å²) >= 11 is 0. The Labute approximate surface area is 128 Å². The van der Waals surface area contributed by atoms with Gasteiger partial charge in [0.2, 0.25) is 0 Å². The zero-order valence-electron chi connectivity index (χ0n) is 13.2. The lowest BCUT2D eigenvalue weighted by Crippen LogP contribution is -2.71. The Bertz CT molecular complexity index is 546. The van der Waals surface area contributed by atoms with Crippen LogP contribution in [0.3, 0.4) is 0 Å². The maximum Gasteiger partial charge on any atom is 0.408 e. The molecule has 2 atom stereocenters. The second kappa shape index (κ2) is 6.17. The number of ether oxygens (including phenoxy) is 1. The van der Waals surface area contributed by atoms with Gasteiger partial charge in [-0.2, -0.15) is 0 Å². The van der Waals surface area contributed by atoms with Gasteiger partial charge < -0.3 is 15.2 Å². The number of β-lactam (4-membered cyclic amide) rings is 1. The van der Waals surface area contributed by atoms with Gasteiger partial charge in [-0.15, -0.1) is 0 Å². The van der Waals surface area contributed by atoms with Crippen LogP contribution in [0, 0.1) is 0 Å². The van der Waals surface area contributed by atoms with E-state index in [0.717, 1.165) is 11.0 Å². The van der Waals surface area contributed by atoms with E-state index in [1.165, 1.54) is 6.92 Å². The van der Waals surface area contributed by atoms with Crippen LogP contribution in [0.4, 0.5) is 4.79 Å². The number of carbonyl (C=O) groups excluding carboxylic acids is 3. The van der Waals surface area contributed by atoms with Crippen molar-refractivity contribution >= 4 is 23.9 Å². The van der Waals surface area contributed by atoms with Crippen molar-refractivity contribution in [1.82, 2.24) is 10.2 Å². The number of nitrogens with zero attached hydrogens (tertiary/aromatic N) is 1. The van der Waals surface area contributed by atoms with E-state index in [-0.39, 0.29) is 5.57 Å². The molecule has 0 aromatic carbocycles. The number of alkyl carbamates (subject to hydrolysis) is 1. The zero-order valence-corrected chi connectivity index (χ0v) is 13.2. The summed E-state index contributed by atoms with van der Waals surface area (Å²) in [5.74, 6) is -2.56. The summed E-state index contributed by atoms with van der Waals surface area (Å²) in [6.45, 7) is 7.96. The van der Waals surface area contributed by atoms with Gasteiger partial charge in [0.15, 0.2) is 0 Å². The minimum Gasteiger partial charge on any atom is -0.478 e. The quantitative estimate of drug-likeness (QED) is 0.585. The number of rotatable bonds is 3. The van der Waals surface area contributed by atoms with Gasteiger partial charge in [0.1, 0.15) is 11.6 Å². The van der Waals surface area contributed by atoms with Gasteiger partial charge in [-0.05, 0) is 34.6 Å². The maximum atomic E-state index is 12.0. The summed E-state index contributed by atoms with van der Waals surface area (Å²) in [6, 6.07) is -1.44. The molecule has 3 amide bonds. The number of amides is 3. The molecule has 1 heterocycles. The molecule has 0 aromatic heterocycles. The lowest BCUT2D eigenvalue weighted by atomic mass is 9.95. The minimum atomic E-state index is -1.27. The van der Waals surface area contributed by atoms with Crippen molar-refractivity contribution in [3.05, 3.63) is 11.6 Å². The normalized spacial score (nSPS) is 22.0. The molecule has 1 unspecified atom stereocenters. The van der Waals surface area contributed by atoms with Gasteiger partial charge in [-0.25, -0.2) is 9.59 Å². The topological polar surface area (TPSA) is 113 Å². The van der Waals surface area contributed by atoms with Crippen LogP contribution < -0.4 is 5.32 Å². The molecule has 1 aliphatic heterocycles. The molecule has 0 saturated carbocycles. The van der Waals surface area contributed by atoms with E-state index in [4.69, 9.17) is 9.84 Å². The number of hydrogen-bond donors (Lipinski definition) is 2. The molecule has 1 aliphatic rings. The lowest BCUT2D eigenvalue weighted by molar-refractivity contribution is -0.159. The minimum absolute atomic E-state index is 0.0663. The van der Waals surface area contributed by atoms with Crippen LogP contribution in [0.15, 0.2) is 11.6 Å². The highest BCUT2D eigenvalue weighted by Crippen LogP contribution is 2.22. The van der Waals surface area contributed by atoms with E-state index < -0.39 is 41.6 Å². The largest absolute Gasteiger partial charge is 0.478 e. The van der Waals surface area contributed by atoms with E-state index in [9.17, 15) is 19.2 Å². The summed E-state index contributed by atoms with van der Waals surface area (Å²) in [4.78, 5) is 47.0. The molecule has 8 nitrogen and oxygen atoms in total. The average Bonchev–Trinajstić information content (AvgIpc) is 2.33. The Hall–Kier alpha value is -2.38. The highest BCUT2D eigenvalue weighted by Gasteiger charge is 2.49. The van der Waals surface area contributed by atoms with Crippen molar-refractivity contribution in [3.63, 3.8) is 0 Å². The first-order valence-corrected chi connectivity index (χ1v) is 6.72. The third kappa shape index (κ3) is 4.06. The van der Waals surface area contributed by atoms with Gasteiger partial charge in [0.05, 0.1) is 6.04 Å². The Kier molecular flexibility index (Phi) is 4.95. The number of carbonyl (C=O) groups is 4. The van der Waals surface area contributed by atoms with E-state index in [1.807, 2.05) is 0 Å². The third-order valence-electron chi connectivity index (χ3n) is 2.96. The fourth-order valence-corrected chi connectivity index (χ4v) is 1.96. The highest BCUT2D eigenvalue weighted by atomic mass is 16.6. The lowest BCUT2D eigenvalue weighted by Gasteiger charge is -2.43. The summed E-state index contributed by atoms with van der Waals surface area (Å²) in [5.41, 5.74) is -0.764. The standard InChI is InChI=1S/C14H20N2O6/c1-7(6-9(17)18)11(19)16-8(2)10(12(16)20)15-13(21)22-14(3,4)5/h6,8,10H,1-5H3,(H,15,21)(H,17,18)/b7-6-/t8?,10-/m0/s1. The van der Waals surface area contributed by atoms with Crippen molar-refractivity contribution in [1.29, 1.82) is 0 Å². The molecule has 22 heavy (non-hydrogen) atoms. The first-order chi connectivity index (χ1) is 9.94. The zero-order chi connectivity index (χ0) is 17.2. The van der Waals surface area contributed by atoms with Gasteiger partial charge in [-0.1, -0.05) is 0 Å². The summed E-state index contributed by atoms with van der Waals surface area (Å²) < 4.78 is 5.04. The van der Waals surface area contributed by atoms with Gasteiger partial charge >= 0.3 is 12.1 Å². The van der Waals surface area contributed by atoms with E-state index in [0.29, 0.717) is 0 Å². The number of carboxylic acid groups (broad SMARTS) is 1. The first kappa shape index (κ1) is 17.7. The fourth-order valence-electron chi connectivity index (χ4n) is 1.96. The molecular weight excluding hydrogens is 292 g/mol. The highest BCUT2D eigenvalue weighted by molar-refractivity contribution is 6.11. The first-order valence-electron chi connectivity index (χ1n) is 6.72. The van der Waals surface area contributed by atoms with Crippen LogP contribution in [-0.2, 0) is 19.1 Å². The molecule has 0 bridgehead atoms. The number of aliphatic carboxylic acids is 1. The molecule has 0 aliphatic carbocycles. The maximum absolute atomic E-state index is 12.0. The molecular formula is C14H20N2O6. The van der Waals surface area contributed by atoms with Gasteiger partial charge in [0, 0.05) is 11.6 Å². The number of carboxylic acids is 1. The number of likely N-dealkylation sites (tertiary alicyclic amines) is 1. The molecule has 122 valence electrons. The summed E-state index contributed by atoms with van der Waals surface area (Å²) in [5, 5.41) is 11.0. The van der Waals surface area contributed by atoms with Gasteiger partial charge in [-0.3, -0.25) is 14.5 Å². The Morgan fingerprint density at radius 2 is 1.86 bits per heavy atom. The predicted octanol–water partition coefficient (Wildman–Crippen LogP) is 0.668. The van der Waals surface area contributed by atoms with E-state index in [2.05, 4.69) is 5.32 Å². The number of hydrogen-bond acceptors (Lipinski definition) is 5. The molecule has 2 N–H and O–H groups in total. The van der Waals surface area contributed by atoms with Gasteiger partial charge in [0.25, 0.3) is 11.8 Å². The van der Waals surface area contributed by atoms with Crippen molar-refractivity contribution in [3.8, 4) is 0 Å². The van der Waals surface area contributed by atoms with Crippen LogP contribution in [-0.4, -0.2) is 51.6 Å². The summed E-state index contributed by atoms with van der Waals surface area (Å²) in [6.07, 6.45) is -0.0145. The van der Waals surface area contributed by atoms with Crippen LogP contribution >= 0.6 is 0 Å². The molecule has 8 heteroatoms. The average molecular weight is 312 g/mol. The molecule has 1 rings (SSSR count). The number of nitrogens with one attached hydrogen (secondary N) is 1. The second-order valence-electron chi connectivity index (χ2n) is 6.04. The van der Waals surface area contributed by atoms with Crippen LogP contribution in [0.1, 0.15) is 34.6 Å². The van der Waals surface area contributed by atoms with Crippen LogP contribution in [0.25, 0.3) is 0 Å². The smallest absolute Gasteiger partial charge is 0.408 e. The molecule has 0 aromatic rings. The Morgan fingerprint density at radius 3 is 2.27 bits per heavy atom. The second-order valence-corrected chi connectivity index (χ2v) is 6.04. The SMILES string of the molecule is C/C(=C/C(=O)O)C(=O)N1C(=O)[C@@H](NC(=O)OC(C)(C)C)C1C. The molecule has 0 radical (unpaired) electrons. The number of imide groups is 1. The Morgan fingerprint density at radius 1 is 1.32 bits per heavy atom. The molecule has 1 saturated heterocycles. The van der Waals surface area contributed by atoms with E-state index in [1.54, 1.807) is 27.7 Å². The Balaban J connectivity index is 2.70. The van der Waals surface area contributed by atoms with E-state index >= 15 is 0 Å². The van der Waals surface area contributed by atoms with Crippen LogP contribution in [0.5, 0.6) is 0 Å². The van der Waals surface area contributed by atoms with Crippen molar-refractivity contribution in [2.45, 2.75) is 52.3 Å². The molecule has 0 spiro atoms. The third-order valence-corrected chi connectivity index (χ3v) is 2.96. The monoisotopic (exact) mass is 312 g/mol. The summed E-state index contributed by atoms with van der Waals surface area (Å²) in [7, 11) is 0. The van der Waals surface area contributed by atoms with Crippen molar-refractivity contribution in [2.75, 3.05) is 0 Å². The predicted molar refractivity (Wildman–Crippen MR) is 75.9 cm³/mol.